The molecule has 1 unspecified atom stereocenters. The van der Waals surface area contributed by atoms with Gasteiger partial charge in [0.2, 0.25) is 0 Å². The van der Waals surface area contributed by atoms with Crippen molar-refractivity contribution in [3.05, 3.63) is 94.6 Å². The Bertz CT molecular complexity index is 1090. The predicted molar refractivity (Wildman–Crippen MR) is 109 cm³/mol. The van der Waals surface area contributed by atoms with Crippen LogP contribution in [-0.2, 0) is 6.42 Å². The molecule has 30 heavy (non-hydrogen) atoms. The van der Waals surface area contributed by atoms with Crippen molar-refractivity contribution < 1.29 is 23.0 Å². The minimum Gasteiger partial charge on any atom is -0.493 e. The molecule has 1 aliphatic heterocycles. The van der Waals surface area contributed by atoms with Gasteiger partial charge in [0, 0.05) is 6.54 Å². The van der Waals surface area contributed by atoms with Gasteiger partial charge in [-0.1, -0.05) is 36.4 Å². The van der Waals surface area contributed by atoms with Crippen LogP contribution in [0.1, 0.15) is 33.1 Å². The summed E-state index contributed by atoms with van der Waals surface area (Å²) in [6.07, 6.45) is 0.557. The molecule has 1 aliphatic rings. The van der Waals surface area contributed by atoms with E-state index in [-0.39, 0.29) is 5.56 Å². The van der Waals surface area contributed by atoms with Gasteiger partial charge in [0.25, 0.3) is 5.91 Å². The maximum Gasteiger partial charge on any atom is 0.257 e. The molecule has 1 amide bonds. The molecule has 0 aliphatic carbocycles. The second-order valence-electron chi connectivity index (χ2n) is 7.07. The minimum atomic E-state index is -1.13. The fourth-order valence-corrected chi connectivity index (χ4v) is 3.98. The summed E-state index contributed by atoms with van der Waals surface area (Å²) >= 11 is 0. The summed E-state index contributed by atoms with van der Waals surface area (Å²) in [6.45, 7) is 0.358. The molecular weight excluding hydrogens is 388 g/mol. The van der Waals surface area contributed by atoms with Gasteiger partial charge < -0.3 is 14.4 Å². The number of benzene rings is 3. The Morgan fingerprint density at radius 2 is 1.67 bits per heavy atom. The number of hydrogen-bond donors (Lipinski definition) is 0. The van der Waals surface area contributed by atoms with Gasteiger partial charge in [-0.3, -0.25) is 4.79 Å². The van der Waals surface area contributed by atoms with Crippen molar-refractivity contribution in [1.82, 2.24) is 4.90 Å². The van der Waals surface area contributed by atoms with Crippen LogP contribution in [0.5, 0.6) is 11.5 Å². The molecule has 6 heteroatoms. The highest BCUT2D eigenvalue weighted by atomic mass is 19.2. The van der Waals surface area contributed by atoms with E-state index in [1.54, 1.807) is 19.1 Å². The number of carbonyl (C=O) groups excluding carboxylic acids is 1. The topological polar surface area (TPSA) is 38.8 Å². The van der Waals surface area contributed by atoms with E-state index in [0.29, 0.717) is 24.5 Å². The van der Waals surface area contributed by atoms with Gasteiger partial charge in [-0.2, -0.15) is 0 Å². The Balaban J connectivity index is 1.86. The molecule has 0 saturated heterocycles. The van der Waals surface area contributed by atoms with Crippen LogP contribution in [0.25, 0.3) is 0 Å². The zero-order valence-corrected chi connectivity index (χ0v) is 16.7. The number of methoxy groups -OCH3 is 2. The molecule has 3 aromatic carbocycles. The highest BCUT2D eigenvalue weighted by Crippen LogP contribution is 2.41. The van der Waals surface area contributed by atoms with Crippen LogP contribution < -0.4 is 9.47 Å². The molecule has 3 aromatic rings. The summed E-state index contributed by atoms with van der Waals surface area (Å²) < 4.78 is 39.0. The lowest BCUT2D eigenvalue weighted by Crippen LogP contribution is -2.41. The number of carbonyl (C=O) groups is 1. The van der Waals surface area contributed by atoms with E-state index in [9.17, 15) is 13.6 Å². The molecule has 1 heterocycles. The number of nitrogens with zero attached hydrogens (tertiary/aromatic N) is 1. The summed E-state index contributed by atoms with van der Waals surface area (Å²) in [5.74, 6) is -1.57. The zero-order chi connectivity index (χ0) is 21.3. The fourth-order valence-electron chi connectivity index (χ4n) is 3.98. The molecule has 4 nitrogen and oxygen atoms in total. The third-order valence-corrected chi connectivity index (χ3v) is 5.43. The molecule has 154 valence electrons. The number of fused-ring (bicyclic) bond motifs is 1. The second kappa shape index (κ2) is 8.14. The highest BCUT2D eigenvalue weighted by Gasteiger charge is 2.35. The van der Waals surface area contributed by atoms with E-state index in [0.717, 1.165) is 22.8 Å². The largest absolute Gasteiger partial charge is 0.493 e. The first kappa shape index (κ1) is 19.9. The Labute approximate surface area is 173 Å². The van der Waals surface area contributed by atoms with Gasteiger partial charge in [0.15, 0.2) is 23.1 Å². The first-order valence-electron chi connectivity index (χ1n) is 9.60. The van der Waals surface area contributed by atoms with Crippen molar-refractivity contribution in [1.29, 1.82) is 0 Å². The van der Waals surface area contributed by atoms with Crippen LogP contribution in [0.2, 0.25) is 0 Å². The first-order chi connectivity index (χ1) is 14.5. The minimum absolute atomic E-state index is 0.278. The lowest BCUT2D eigenvalue weighted by atomic mass is 9.87. The SMILES string of the molecule is COc1cc2c(cc1OC)C(c1ccccc1)N(C(=O)c1cccc(F)c1F)CC2. The number of halogens is 2. The van der Waals surface area contributed by atoms with Gasteiger partial charge in [0.1, 0.15) is 0 Å². The number of ether oxygens (including phenoxy) is 2. The van der Waals surface area contributed by atoms with Crippen LogP contribution >= 0.6 is 0 Å². The van der Waals surface area contributed by atoms with E-state index in [4.69, 9.17) is 9.47 Å². The van der Waals surface area contributed by atoms with Gasteiger partial charge in [-0.15, -0.1) is 0 Å². The summed E-state index contributed by atoms with van der Waals surface area (Å²) in [4.78, 5) is 14.9. The van der Waals surface area contributed by atoms with Crippen molar-refractivity contribution in [2.75, 3.05) is 20.8 Å². The standard InChI is InChI=1S/C24H21F2NO3/c1-29-20-13-16-11-12-27(24(28)17-9-6-10-19(25)22(17)26)23(15-7-4-3-5-8-15)18(16)14-21(20)30-2/h3-10,13-14,23H,11-12H2,1-2H3. The monoisotopic (exact) mass is 409 g/mol. The second-order valence-corrected chi connectivity index (χ2v) is 7.07. The number of hydrogen-bond acceptors (Lipinski definition) is 3. The molecule has 4 rings (SSSR count). The molecule has 0 aromatic heterocycles. The third kappa shape index (κ3) is 3.38. The quantitative estimate of drug-likeness (QED) is 0.623. The van der Waals surface area contributed by atoms with Crippen LogP contribution in [0, 0.1) is 11.6 Å². The van der Waals surface area contributed by atoms with E-state index in [1.165, 1.54) is 12.1 Å². The maximum atomic E-state index is 14.4. The van der Waals surface area contributed by atoms with Crippen LogP contribution in [0.4, 0.5) is 8.78 Å². The predicted octanol–water partition coefficient (Wildman–Crippen LogP) is 4.77. The average Bonchev–Trinajstić information content (AvgIpc) is 2.79. The molecule has 0 radical (unpaired) electrons. The van der Waals surface area contributed by atoms with E-state index >= 15 is 0 Å². The highest BCUT2D eigenvalue weighted by molar-refractivity contribution is 5.95. The fraction of sp³-hybridized carbons (Fsp3) is 0.208. The Kier molecular flexibility index (Phi) is 5.40. The smallest absolute Gasteiger partial charge is 0.257 e. The Morgan fingerprint density at radius 1 is 0.967 bits per heavy atom. The van der Waals surface area contributed by atoms with E-state index < -0.39 is 23.6 Å². The van der Waals surface area contributed by atoms with Crippen molar-refractivity contribution in [2.45, 2.75) is 12.5 Å². The molecule has 0 spiro atoms. The lowest BCUT2D eigenvalue weighted by Gasteiger charge is -2.38. The van der Waals surface area contributed by atoms with Gasteiger partial charge >= 0.3 is 0 Å². The Hall–Kier alpha value is -3.41. The molecule has 0 N–H and O–H groups in total. The summed E-state index contributed by atoms with van der Waals surface area (Å²) in [5, 5.41) is 0. The lowest BCUT2D eigenvalue weighted by molar-refractivity contribution is 0.0688. The van der Waals surface area contributed by atoms with Crippen LogP contribution in [0.15, 0.2) is 60.7 Å². The summed E-state index contributed by atoms with van der Waals surface area (Å²) in [7, 11) is 3.12. The normalized spacial score (nSPS) is 15.5. The molecule has 1 atom stereocenters. The van der Waals surface area contributed by atoms with Crippen molar-refractivity contribution >= 4 is 5.91 Å². The van der Waals surface area contributed by atoms with Crippen LogP contribution in [0.3, 0.4) is 0 Å². The summed E-state index contributed by atoms with van der Waals surface area (Å²) in [5.41, 5.74) is 2.48. The molecular formula is C24H21F2NO3. The van der Waals surface area contributed by atoms with Gasteiger partial charge in [0.05, 0.1) is 25.8 Å². The molecule has 0 saturated carbocycles. The van der Waals surface area contributed by atoms with Gasteiger partial charge in [-0.05, 0) is 47.4 Å². The maximum absolute atomic E-state index is 14.4. The zero-order valence-electron chi connectivity index (χ0n) is 16.7. The number of amides is 1. The first-order valence-corrected chi connectivity index (χ1v) is 9.60. The molecule has 0 bridgehead atoms. The van der Waals surface area contributed by atoms with E-state index in [2.05, 4.69) is 0 Å². The Morgan fingerprint density at radius 3 is 2.37 bits per heavy atom. The van der Waals surface area contributed by atoms with Crippen molar-refractivity contribution in [3.63, 3.8) is 0 Å². The average molecular weight is 409 g/mol. The van der Waals surface area contributed by atoms with Crippen LogP contribution in [-0.4, -0.2) is 31.6 Å². The third-order valence-electron chi connectivity index (χ3n) is 5.43. The van der Waals surface area contributed by atoms with Gasteiger partial charge in [-0.25, -0.2) is 8.78 Å². The number of rotatable bonds is 4. The van der Waals surface area contributed by atoms with E-state index in [1.807, 2.05) is 42.5 Å². The summed E-state index contributed by atoms with van der Waals surface area (Å²) in [6, 6.07) is 16.4. The molecule has 0 fully saturated rings. The van der Waals surface area contributed by atoms with Crippen molar-refractivity contribution in [2.24, 2.45) is 0 Å². The van der Waals surface area contributed by atoms with Crippen molar-refractivity contribution in [3.8, 4) is 11.5 Å².